The van der Waals surface area contributed by atoms with Crippen LogP contribution in [0.2, 0.25) is 0 Å². The van der Waals surface area contributed by atoms with E-state index >= 15 is 0 Å². The first kappa shape index (κ1) is 37.2. The van der Waals surface area contributed by atoms with E-state index in [4.69, 9.17) is 85.7 Å². The van der Waals surface area contributed by atoms with Crippen molar-refractivity contribution in [3.8, 4) is 0 Å². The highest BCUT2D eigenvalue weighted by molar-refractivity contribution is 7.92. The third kappa shape index (κ3) is 12.8. The van der Waals surface area contributed by atoms with Crippen molar-refractivity contribution in [1.82, 2.24) is 20.9 Å². The minimum atomic E-state index is -3.24. The first-order valence-electron chi connectivity index (χ1n) is 13.0. The average Bonchev–Trinajstić information content (AvgIpc) is 3.38. The van der Waals surface area contributed by atoms with E-state index in [1.165, 1.54) is 0 Å². The Kier molecular flexibility index (Phi) is 13.9. The van der Waals surface area contributed by atoms with Gasteiger partial charge in [0.1, 0.15) is 19.8 Å². The minimum absolute atomic E-state index is 0.0141. The van der Waals surface area contributed by atoms with E-state index in [1.54, 1.807) is 0 Å². The SMILES string of the molecule is O=S1(=O)CC(Cl)C(NC(=S)OCCN(CCOC(=S)NC2CS(=O)(=O)CC2Cl)CCOC(=S)NC2CS(=O)(=O)CC2Cl)C1. The van der Waals surface area contributed by atoms with Gasteiger partial charge in [0.05, 0.1) is 68.8 Å². The molecule has 3 rings (SSSR count). The van der Waals surface area contributed by atoms with Gasteiger partial charge in [-0.25, -0.2) is 25.3 Å². The molecule has 248 valence electrons. The topological polar surface area (TPSA) is 169 Å². The zero-order valence-electron chi connectivity index (χ0n) is 22.7. The molecule has 0 aromatic rings. The van der Waals surface area contributed by atoms with Crippen molar-refractivity contribution < 1.29 is 39.5 Å². The Bertz CT molecular complexity index is 1190. The van der Waals surface area contributed by atoms with Gasteiger partial charge in [-0.2, -0.15) is 0 Å². The largest absolute Gasteiger partial charge is 0.470 e. The smallest absolute Gasteiger partial charge is 0.256 e. The maximum Gasteiger partial charge on any atom is 0.256 e. The molecular formula is C21H33Cl3N4O9S6. The van der Waals surface area contributed by atoms with Crippen LogP contribution in [0.5, 0.6) is 0 Å². The normalized spacial score (nSPS) is 30.4. The second kappa shape index (κ2) is 16.0. The van der Waals surface area contributed by atoms with Crippen LogP contribution in [0, 0.1) is 0 Å². The van der Waals surface area contributed by atoms with Crippen LogP contribution in [0.15, 0.2) is 0 Å². The molecule has 0 spiro atoms. The van der Waals surface area contributed by atoms with Gasteiger partial charge < -0.3 is 30.2 Å². The number of halogens is 3. The molecule has 0 aromatic carbocycles. The Balaban J connectivity index is 1.45. The standard InChI is InChI=1S/C21H33Cl3N4O9S6/c22-13-7-41(29,30)10-16(13)25-19(38)35-4-1-28(2-5-36-20(39)26-17-11-42(31,32)8-14(17)23)3-6-37-21(40)27-18-12-43(33,34)9-15(18)24/h13-18H,1-12H2,(H,25,38)(H,26,39)(H,27,40). The van der Waals surface area contributed by atoms with E-state index < -0.39 is 63.8 Å². The molecule has 3 aliphatic rings. The van der Waals surface area contributed by atoms with Crippen LogP contribution in [0.25, 0.3) is 0 Å². The molecule has 3 aliphatic heterocycles. The van der Waals surface area contributed by atoms with Crippen LogP contribution in [-0.2, 0) is 43.7 Å². The highest BCUT2D eigenvalue weighted by Crippen LogP contribution is 2.20. The molecular weight excluding hydrogens is 751 g/mol. The van der Waals surface area contributed by atoms with E-state index in [-0.39, 0.29) is 69.9 Å². The van der Waals surface area contributed by atoms with E-state index in [0.717, 1.165) is 0 Å². The Morgan fingerprint density at radius 1 is 0.558 bits per heavy atom. The molecule has 3 N–H and O–H groups in total. The molecule has 3 heterocycles. The first-order chi connectivity index (χ1) is 19.9. The van der Waals surface area contributed by atoms with Crippen molar-refractivity contribution in [1.29, 1.82) is 0 Å². The summed E-state index contributed by atoms with van der Waals surface area (Å²) >= 11 is 33.9. The summed E-state index contributed by atoms with van der Waals surface area (Å²) in [6, 6.07) is -1.66. The zero-order chi connectivity index (χ0) is 32.0. The summed E-state index contributed by atoms with van der Waals surface area (Å²) in [7, 11) is -9.73. The van der Waals surface area contributed by atoms with Crippen LogP contribution < -0.4 is 16.0 Å². The Hall–Kier alpha value is -0.250. The molecule has 6 unspecified atom stereocenters. The summed E-state index contributed by atoms with van der Waals surface area (Å²) in [5.74, 6) is -0.827. The van der Waals surface area contributed by atoms with Crippen molar-refractivity contribution in [3.63, 3.8) is 0 Å². The number of sulfone groups is 3. The molecule has 0 aromatic heterocycles. The molecule has 3 saturated heterocycles. The van der Waals surface area contributed by atoms with Crippen LogP contribution in [-0.4, -0.2) is 154 Å². The second-order valence-corrected chi connectivity index (χ2v) is 19.5. The van der Waals surface area contributed by atoms with Gasteiger partial charge in [-0.15, -0.1) is 34.8 Å². The summed E-state index contributed by atoms with van der Waals surface area (Å²) in [5.41, 5.74) is 0. The van der Waals surface area contributed by atoms with E-state index in [2.05, 4.69) is 16.0 Å². The lowest BCUT2D eigenvalue weighted by molar-refractivity contribution is 0.142. The fraction of sp³-hybridized carbons (Fsp3) is 0.857. The lowest BCUT2D eigenvalue weighted by Gasteiger charge is -2.24. The van der Waals surface area contributed by atoms with E-state index in [1.807, 2.05) is 4.90 Å². The number of ether oxygens (including phenoxy) is 3. The summed E-state index contributed by atoms with van der Waals surface area (Å²) in [4.78, 5) is 1.90. The van der Waals surface area contributed by atoms with E-state index in [0.29, 0.717) is 19.6 Å². The molecule has 6 atom stereocenters. The molecule has 0 bridgehead atoms. The monoisotopic (exact) mass is 782 g/mol. The average molecular weight is 784 g/mol. The molecule has 0 radical (unpaired) electrons. The molecule has 0 saturated carbocycles. The molecule has 0 amide bonds. The molecule has 22 heteroatoms. The van der Waals surface area contributed by atoms with Crippen LogP contribution in [0.3, 0.4) is 0 Å². The maximum absolute atomic E-state index is 11.8. The second-order valence-electron chi connectivity index (χ2n) is 10.3. The molecule has 0 aliphatic carbocycles. The van der Waals surface area contributed by atoms with Crippen LogP contribution in [0.1, 0.15) is 0 Å². The maximum atomic E-state index is 11.8. The summed E-state index contributed by atoms with van der Waals surface area (Å²) < 4.78 is 87.4. The number of rotatable bonds is 12. The summed E-state index contributed by atoms with van der Waals surface area (Å²) in [6.07, 6.45) is 0. The van der Waals surface area contributed by atoms with Gasteiger partial charge in [-0.1, -0.05) is 0 Å². The molecule has 43 heavy (non-hydrogen) atoms. The minimum Gasteiger partial charge on any atom is -0.470 e. The van der Waals surface area contributed by atoms with Gasteiger partial charge in [0.2, 0.25) is 0 Å². The third-order valence-corrected chi connectivity index (χ3v) is 14.5. The fourth-order valence-corrected chi connectivity index (χ4v) is 12.9. The third-order valence-electron chi connectivity index (χ3n) is 6.68. The number of hydrogen-bond donors (Lipinski definition) is 3. The number of nitrogens with one attached hydrogen (secondary N) is 3. The quantitative estimate of drug-likeness (QED) is 0.166. The Morgan fingerprint density at radius 2 is 0.814 bits per heavy atom. The van der Waals surface area contributed by atoms with Crippen molar-refractivity contribution in [2.45, 2.75) is 34.3 Å². The number of hydrogen-bond acceptors (Lipinski definition) is 13. The van der Waals surface area contributed by atoms with Crippen molar-refractivity contribution in [3.05, 3.63) is 0 Å². The van der Waals surface area contributed by atoms with Crippen molar-refractivity contribution in [2.75, 3.05) is 74.0 Å². The highest BCUT2D eigenvalue weighted by atomic mass is 35.5. The summed E-state index contributed by atoms with van der Waals surface area (Å²) in [5, 5.41) is 6.68. The first-order valence-corrected chi connectivity index (χ1v) is 21.0. The lowest BCUT2D eigenvalue weighted by atomic mass is 10.3. The van der Waals surface area contributed by atoms with Gasteiger partial charge in [0.15, 0.2) is 29.5 Å². The number of nitrogens with zero attached hydrogens (tertiary/aromatic N) is 1. The van der Waals surface area contributed by atoms with Crippen molar-refractivity contribution in [2.24, 2.45) is 0 Å². The lowest BCUT2D eigenvalue weighted by Crippen LogP contribution is -2.43. The van der Waals surface area contributed by atoms with Gasteiger partial charge in [0, 0.05) is 19.6 Å². The molecule has 13 nitrogen and oxygen atoms in total. The fourth-order valence-electron chi connectivity index (χ4n) is 4.53. The zero-order valence-corrected chi connectivity index (χ0v) is 29.8. The predicted molar refractivity (Wildman–Crippen MR) is 178 cm³/mol. The predicted octanol–water partition coefficient (Wildman–Crippen LogP) is -0.825. The van der Waals surface area contributed by atoms with E-state index in [9.17, 15) is 25.3 Å². The van der Waals surface area contributed by atoms with Crippen molar-refractivity contribution >= 4 is 116 Å². The van der Waals surface area contributed by atoms with Crippen LogP contribution in [0.4, 0.5) is 0 Å². The van der Waals surface area contributed by atoms with Gasteiger partial charge in [-0.05, 0) is 36.7 Å². The highest BCUT2D eigenvalue weighted by Gasteiger charge is 2.38. The van der Waals surface area contributed by atoms with Crippen LogP contribution >= 0.6 is 71.5 Å². The van der Waals surface area contributed by atoms with Gasteiger partial charge in [-0.3, -0.25) is 4.90 Å². The number of alkyl halides is 3. The Labute approximate surface area is 283 Å². The molecule has 3 fully saturated rings. The Morgan fingerprint density at radius 3 is 1.02 bits per heavy atom. The summed E-state index contributed by atoms with van der Waals surface area (Å²) in [6.45, 7) is 1.43. The number of thiocarbonyl (C=S) groups is 3. The van der Waals surface area contributed by atoms with Gasteiger partial charge >= 0.3 is 0 Å². The van der Waals surface area contributed by atoms with Gasteiger partial charge in [0.25, 0.3) is 15.5 Å².